The standard InChI is InChI=1S/C19H23N3O3/c1-3-25-18(23)9-6-13-4-7-15(8-5-13)21-19(24)17-10-16(17)14-11-20-22(2)12-14/h4-5,7-8,11-12,16-17H,3,6,9-10H2,1-2H3,(H,21,24)/t16-,17+/m0/s1. The lowest BCUT2D eigenvalue weighted by atomic mass is 10.1. The van der Waals surface area contributed by atoms with Gasteiger partial charge in [0, 0.05) is 31.3 Å². The minimum absolute atomic E-state index is 0.0210. The maximum absolute atomic E-state index is 12.3. The number of benzene rings is 1. The van der Waals surface area contributed by atoms with Gasteiger partial charge in [0.25, 0.3) is 0 Å². The van der Waals surface area contributed by atoms with Gasteiger partial charge in [-0.15, -0.1) is 0 Å². The van der Waals surface area contributed by atoms with Gasteiger partial charge in [-0.2, -0.15) is 5.10 Å². The Morgan fingerprint density at radius 2 is 2.08 bits per heavy atom. The number of esters is 1. The summed E-state index contributed by atoms with van der Waals surface area (Å²) in [6, 6.07) is 7.61. The minimum atomic E-state index is -0.185. The Labute approximate surface area is 147 Å². The quantitative estimate of drug-likeness (QED) is 0.786. The largest absolute Gasteiger partial charge is 0.466 e. The van der Waals surface area contributed by atoms with Crippen LogP contribution in [0.5, 0.6) is 0 Å². The summed E-state index contributed by atoms with van der Waals surface area (Å²) in [7, 11) is 1.88. The lowest BCUT2D eigenvalue weighted by Crippen LogP contribution is -2.14. The zero-order valence-electron chi connectivity index (χ0n) is 14.6. The molecule has 6 nitrogen and oxygen atoms in total. The number of anilines is 1. The second-order valence-electron chi connectivity index (χ2n) is 6.39. The van der Waals surface area contributed by atoms with Gasteiger partial charge in [-0.1, -0.05) is 12.1 Å². The molecule has 1 amide bonds. The molecule has 2 aromatic rings. The van der Waals surface area contributed by atoms with Crippen LogP contribution in [0.1, 0.15) is 36.8 Å². The first kappa shape index (κ1) is 17.2. The number of rotatable bonds is 7. The van der Waals surface area contributed by atoms with Gasteiger partial charge in [-0.3, -0.25) is 14.3 Å². The van der Waals surface area contributed by atoms with Crippen molar-refractivity contribution >= 4 is 17.6 Å². The second kappa shape index (κ2) is 7.51. The van der Waals surface area contributed by atoms with Crippen molar-refractivity contribution in [1.29, 1.82) is 0 Å². The van der Waals surface area contributed by atoms with Crippen LogP contribution in [0.4, 0.5) is 5.69 Å². The maximum Gasteiger partial charge on any atom is 0.306 e. The molecule has 1 fully saturated rings. The number of carbonyl (C=O) groups is 2. The summed E-state index contributed by atoms with van der Waals surface area (Å²) in [6.45, 7) is 2.21. The Morgan fingerprint density at radius 1 is 1.32 bits per heavy atom. The van der Waals surface area contributed by atoms with Crippen molar-refractivity contribution in [3.63, 3.8) is 0 Å². The van der Waals surface area contributed by atoms with Gasteiger partial charge in [0.05, 0.1) is 12.8 Å². The molecule has 0 unspecified atom stereocenters. The van der Waals surface area contributed by atoms with E-state index in [-0.39, 0.29) is 23.7 Å². The van der Waals surface area contributed by atoms with Crippen molar-refractivity contribution < 1.29 is 14.3 Å². The molecule has 0 aliphatic heterocycles. The number of nitrogens with one attached hydrogen (secondary N) is 1. The van der Waals surface area contributed by atoms with E-state index in [4.69, 9.17) is 4.74 Å². The normalized spacial score (nSPS) is 18.6. The molecule has 132 valence electrons. The van der Waals surface area contributed by atoms with Gasteiger partial charge < -0.3 is 10.1 Å². The summed E-state index contributed by atoms with van der Waals surface area (Å²) < 4.78 is 6.68. The highest BCUT2D eigenvalue weighted by atomic mass is 16.5. The molecule has 2 atom stereocenters. The van der Waals surface area contributed by atoms with Gasteiger partial charge in [0.1, 0.15) is 0 Å². The summed E-state index contributed by atoms with van der Waals surface area (Å²) in [4.78, 5) is 23.7. The van der Waals surface area contributed by atoms with Crippen molar-refractivity contribution in [1.82, 2.24) is 9.78 Å². The third-order valence-corrected chi connectivity index (χ3v) is 4.42. The molecule has 1 N–H and O–H groups in total. The molecule has 1 aromatic heterocycles. The SMILES string of the molecule is CCOC(=O)CCc1ccc(NC(=O)[C@@H]2C[C@H]2c2cnn(C)c2)cc1. The summed E-state index contributed by atoms with van der Waals surface area (Å²) in [5, 5.41) is 7.12. The highest BCUT2D eigenvalue weighted by Gasteiger charge is 2.44. The van der Waals surface area contributed by atoms with Crippen molar-refractivity contribution in [2.24, 2.45) is 13.0 Å². The molecule has 0 spiro atoms. The molecule has 0 radical (unpaired) electrons. The molecular formula is C19H23N3O3. The fourth-order valence-electron chi connectivity index (χ4n) is 2.95. The molecule has 6 heteroatoms. The Bertz CT molecular complexity index is 752. The van der Waals surface area contributed by atoms with Crippen LogP contribution >= 0.6 is 0 Å². The van der Waals surface area contributed by atoms with Gasteiger partial charge in [-0.05, 0) is 48.9 Å². The first-order chi connectivity index (χ1) is 12.1. The zero-order chi connectivity index (χ0) is 17.8. The molecular weight excluding hydrogens is 318 g/mol. The number of aromatic nitrogens is 2. The fraction of sp³-hybridized carbons (Fsp3) is 0.421. The van der Waals surface area contributed by atoms with Crippen LogP contribution in [0.3, 0.4) is 0 Å². The van der Waals surface area contributed by atoms with E-state index in [1.54, 1.807) is 11.6 Å². The third-order valence-electron chi connectivity index (χ3n) is 4.42. The maximum atomic E-state index is 12.3. The van der Waals surface area contributed by atoms with Crippen LogP contribution in [0.2, 0.25) is 0 Å². The van der Waals surface area contributed by atoms with E-state index in [1.807, 2.05) is 43.7 Å². The van der Waals surface area contributed by atoms with Gasteiger partial charge in [0.15, 0.2) is 0 Å². The van der Waals surface area contributed by atoms with E-state index in [1.165, 1.54) is 0 Å². The van der Waals surface area contributed by atoms with Crippen LogP contribution in [0, 0.1) is 5.92 Å². The van der Waals surface area contributed by atoms with Crippen molar-refractivity contribution in [2.75, 3.05) is 11.9 Å². The first-order valence-electron chi connectivity index (χ1n) is 8.60. The highest BCUT2D eigenvalue weighted by Crippen LogP contribution is 2.47. The van der Waals surface area contributed by atoms with E-state index in [0.717, 1.165) is 23.2 Å². The first-order valence-corrected chi connectivity index (χ1v) is 8.60. The second-order valence-corrected chi connectivity index (χ2v) is 6.39. The molecule has 1 saturated carbocycles. The van der Waals surface area contributed by atoms with E-state index in [0.29, 0.717) is 19.4 Å². The van der Waals surface area contributed by atoms with Crippen molar-refractivity contribution in [2.45, 2.75) is 32.1 Å². The van der Waals surface area contributed by atoms with Crippen molar-refractivity contribution in [3.05, 3.63) is 47.8 Å². The number of aryl methyl sites for hydroxylation is 2. The predicted molar refractivity (Wildman–Crippen MR) is 94.1 cm³/mol. The monoisotopic (exact) mass is 341 g/mol. The lowest BCUT2D eigenvalue weighted by molar-refractivity contribution is -0.143. The van der Waals surface area contributed by atoms with Gasteiger partial charge >= 0.3 is 5.97 Å². The van der Waals surface area contributed by atoms with Crippen LogP contribution in [0.15, 0.2) is 36.7 Å². The average molecular weight is 341 g/mol. The van der Waals surface area contributed by atoms with E-state index in [2.05, 4.69) is 10.4 Å². The summed E-state index contributed by atoms with van der Waals surface area (Å²) in [5.41, 5.74) is 2.95. The number of amides is 1. The van der Waals surface area contributed by atoms with Crippen LogP contribution in [-0.4, -0.2) is 28.3 Å². The Balaban J connectivity index is 1.48. The molecule has 0 saturated heterocycles. The number of nitrogens with zero attached hydrogens (tertiary/aromatic N) is 2. The van der Waals surface area contributed by atoms with Crippen LogP contribution in [-0.2, 0) is 27.8 Å². The smallest absolute Gasteiger partial charge is 0.306 e. The van der Waals surface area contributed by atoms with E-state index >= 15 is 0 Å². The number of hydrogen-bond donors (Lipinski definition) is 1. The van der Waals surface area contributed by atoms with E-state index < -0.39 is 0 Å². The lowest BCUT2D eigenvalue weighted by Gasteiger charge is -2.06. The van der Waals surface area contributed by atoms with Gasteiger partial charge in [-0.25, -0.2) is 0 Å². The molecule has 3 rings (SSSR count). The topological polar surface area (TPSA) is 73.2 Å². The number of ether oxygens (including phenoxy) is 1. The highest BCUT2D eigenvalue weighted by molar-refractivity contribution is 5.95. The van der Waals surface area contributed by atoms with Gasteiger partial charge in [0.2, 0.25) is 5.91 Å². The Hall–Kier alpha value is -2.63. The van der Waals surface area contributed by atoms with E-state index in [9.17, 15) is 9.59 Å². The number of hydrogen-bond acceptors (Lipinski definition) is 4. The molecule has 1 aromatic carbocycles. The van der Waals surface area contributed by atoms with Crippen LogP contribution < -0.4 is 5.32 Å². The summed E-state index contributed by atoms with van der Waals surface area (Å²) in [5.74, 6) is 0.161. The van der Waals surface area contributed by atoms with Crippen LogP contribution in [0.25, 0.3) is 0 Å². The Kier molecular flexibility index (Phi) is 5.16. The molecule has 1 aliphatic rings. The fourth-order valence-corrected chi connectivity index (χ4v) is 2.95. The average Bonchev–Trinajstić information content (AvgIpc) is 3.29. The summed E-state index contributed by atoms with van der Waals surface area (Å²) in [6.07, 6.45) is 5.68. The predicted octanol–water partition coefficient (Wildman–Crippen LogP) is 2.66. The molecule has 1 heterocycles. The molecule has 0 bridgehead atoms. The number of carbonyl (C=O) groups excluding carboxylic acids is 2. The third kappa shape index (κ3) is 4.47. The Morgan fingerprint density at radius 3 is 2.72 bits per heavy atom. The summed E-state index contributed by atoms with van der Waals surface area (Å²) >= 11 is 0. The minimum Gasteiger partial charge on any atom is -0.466 e. The molecule has 1 aliphatic carbocycles. The molecule has 25 heavy (non-hydrogen) atoms. The zero-order valence-corrected chi connectivity index (χ0v) is 14.6. The van der Waals surface area contributed by atoms with Crippen molar-refractivity contribution in [3.8, 4) is 0 Å².